The van der Waals surface area contributed by atoms with E-state index in [9.17, 15) is 13.2 Å². The minimum Gasteiger partial charge on any atom is -0.434 e. The number of alkyl halides is 2. The third-order valence-electron chi connectivity index (χ3n) is 3.55. The van der Waals surface area contributed by atoms with Crippen LogP contribution in [0.25, 0.3) is 0 Å². The van der Waals surface area contributed by atoms with Gasteiger partial charge in [-0.15, -0.1) is 11.3 Å². The Morgan fingerprint density at radius 2 is 2.04 bits per heavy atom. The van der Waals surface area contributed by atoms with Gasteiger partial charge in [0.05, 0.1) is 0 Å². The van der Waals surface area contributed by atoms with Crippen molar-refractivity contribution in [1.29, 1.82) is 0 Å². The van der Waals surface area contributed by atoms with Crippen LogP contribution in [0.1, 0.15) is 23.3 Å². The van der Waals surface area contributed by atoms with Gasteiger partial charge in [-0.25, -0.2) is 4.39 Å². The number of ether oxygens (including phenoxy) is 1. The van der Waals surface area contributed by atoms with Gasteiger partial charge >= 0.3 is 6.61 Å². The lowest BCUT2D eigenvalue weighted by molar-refractivity contribution is -0.0506. The normalized spacial score (nSPS) is 13.0. The predicted octanol–water partition coefficient (Wildman–Crippen LogP) is 3.96. The van der Waals surface area contributed by atoms with Crippen LogP contribution >= 0.6 is 11.3 Å². The molecule has 2 rings (SSSR count). The molecular formula is C17H20F3N3OS. The molecule has 0 aliphatic heterocycles. The fraction of sp³-hybridized carbons (Fsp3) is 0.353. The number of hydrogen-bond donors (Lipinski definition) is 2. The molecule has 0 spiro atoms. The van der Waals surface area contributed by atoms with E-state index >= 15 is 0 Å². The molecule has 1 aromatic heterocycles. The molecule has 1 unspecified atom stereocenters. The first kappa shape index (κ1) is 19.1. The molecule has 1 aromatic carbocycles. The van der Waals surface area contributed by atoms with Gasteiger partial charge in [0, 0.05) is 36.5 Å². The van der Waals surface area contributed by atoms with E-state index in [2.05, 4.69) is 33.4 Å². The largest absolute Gasteiger partial charge is 0.434 e. The number of aliphatic imine (C=N–C) groups is 1. The summed E-state index contributed by atoms with van der Waals surface area (Å²) in [6.07, 6.45) is 0. The van der Waals surface area contributed by atoms with Crippen LogP contribution in [0.5, 0.6) is 5.75 Å². The van der Waals surface area contributed by atoms with Gasteiger partial charge in [0.25, 0.3) is 0 Å². The summed E-state index contributed by atoms with van der Waals surface area (Å²) < 4.78 is 43.2. The topological polar surface area (TPSA) is 45.7 Å². The quantitative estimate of drug-likeness (QED) is 0.572. The third kappa shape index (κ3) is 5.67. The fourth-order valence-electron chi connectivity index (χ4n) is 2.23. The third-order valence-corrected chi connectivity index (χ3v) is 4.66. The maximum atomic E-state index is 13.9. The molecule has 136 valence electrons. The van der Waals surface area contributed by atoms with Crippen LogP contribution in [0, 0.1) is 5.82 Å². The minimum atomic E-state index is -3.01. The Morgan fingerprint density at radius 1 is 1.24 bits per heavy atom. The number of guanidine groups is 1. The molecule has 0 bridgehead atoms. The number of nitrogens with one attached hydrogen (secondary N) is 2. The highest BCUT2D eigenvalue weighted by molar-refractivity contribution is 7.10. The molecule has 2 aromatic rings. The summed E-state index contributed by atoms with van der Waals surface area (Å²) >= 11 is 1.67. The van der Waals surface area contributed by atoms with Gasteiger partial charge in [-0.05, 0) is 23.6 Å². The molecule has 25 heavy (non-hydrogen) atoms. The van der Waals surface area contributed by atoms with Crippen molar-refractivity contribution in [2.45, 2.75) is 26.0 Å². The smallest absolute Gasteiger partial charge is 0.387 e. The summed E-state index contributed by atoms with van der Waals surface area (Å²) in [6, 6.07) is 7.88. The molecular weight excluding hydrogens is 351 g/mol. The summed E-state index contributed by atoms with van der Waals surface area (Å²) in [5, 5.41) is 8.08. The first-order valence-electron chi connectivity index (χ1n) is 7.71. The maximum Gasteiger partial charge on any atom is 0.387 e. The molecule has 2 N–H and O–H groups in total. The average molecular weight is 371 g/mol. The lowest BCUT2D eigenvalue weighted by Crippen LogP contribution is -2.38. The number of benzene rings is 1. The molecule has 8 heteroatoms. The van der Waals surface area contributed by atoms with Crippen molar-refractivity contribution in [2.75, 3.05) is 13.6 Å². The monoisotopic (exact) mass is 371 g/mol. The molecule has 0 aliphatic carbocycles. The van der Waals surface area contributed by atoms with E-state index < -0.39 is 12.4 Å². The first-order valence-corrected chi connectivity index (χ1v) is 8.59. The van der Waals surface area contributed by atoms with E-state index in [1.54, 1.807) is 18.4 Å². The summed E-state index contributed by atoms with van der Waals surface area (Å²) in [4.78, 5) is 5.30. The number of nitrogens with zero attached hydrogens (tertiary/aromatic N) is 1. The van der Waals surface area contributed by atoms with E-state index in [1.807, 2.05) is 11.4 Å². The second-order valence-corrected chi connectivity index (χ2v) is 6.30. The molecule has 4 nitrogen and oxygen atoms in total. The van der Waals surface area contributed by atoms with Crippen LogP contribution in [0.4, 0.5) is 13.2 Å². The average Bonchev–Trinajstić information content (AvgIpc) is 3.10. The van der Waals surface area contributed by atoms with E-state index in [1.165, 1.54) is 23.1 Å². The van der Waals surface area contributed by atoms with Gasteiger partial charge in [-0.1, -0.05) is 19.1 Å². The molecule has 1 atom stereocenters. The standard InChI is InChI=1S/C17H20F3N3OS/c1-11(15-7-4-8-25-15)9-22-17(21-2)23-10-12-13(18)5-3-6-14(12)24-16(19)20/h3-8,11,16H,9-10H2,1-2H3,(H2,21,22,23). The van der Waals surface area contributed by atoms with E-state index in [0.717, 1.165) is 0 Å². The van der Waals surface area contributed by atoms with Crippen molar-refractivity contribution in [3.63, 3.8) is 0 Å². The van der Waals surface area contributed by atoms with Gasteiger partial charge in [-0.2, -0.15) is 8.78 Å². The van der Waals surface area contributed by atoms with Gasteiger partial charge in [0.2, 0.25) is 0 Å². The molecule has 0 amide bonds. The maximum absolute atomic E-state index is 13.9. The highest BCUT2D eigenvalue weighted by Gasteiger charge is 2.14. The zero-order chi connectivity index (χ0) is 18.2. The zero-order valence-corrected chi connectivity index (χ0v) is 14.7. The lowest BCUT2D eigenvalue weighted by atomic mass is 10.1. The van der Waals surface area contributed by atoms with Gasteiger partial charge in [0.15, 0.2) is 5.96 Å². The van der Waals surface area contributed by atoms with E-state index in [0.29, 0.717) is 12.5 Å². The Bertz CT molecular complexity index is 692. The van der Waals surface area contributed by atoms with Crippen LogP contribution in [0.3, 0.4) is 0 Å². The Kier molecular flexibility index (Phi) is 7.12. The highest BCUT2D eigenvalue weighted by atomic mass is 32.1. The van der Waals surface area contributed by atoms with Gasteiger partial charge < -0.3 is 15.4 Å². The number of rotatable bonds is 7. The summed E-state index contributed by atoms with van der Waals surface area (Å²) in [6.45, 7) is -0.318. The number of hydrogen-bond acceptors (Lipinski definition) is 3. The molecule has 0 saturated heterocycles. The molecule has 0 radical (unpaired) electrons. The highest BCUT2D eigenvalue weighted by Crippen LogP contribution is 2.23. The van der Waals surface area contributed by atoms with Crippen molar-refractivity contribution in [3.05, 3.63) is 52.0 Å². The van der Waals surface area contributed by atoms with Crippen molar-refractivity contribution < 1.29 is 17.9 Å². The number of halogens is 3. The fourth-order valence-corrected chi connectivity index (χ4v) is 3.02. The second-order valence-electron chi connectivity index (χ2n) is 5.32. The first-order chi connectivity index (χ1) is 12.0. The minimum absolute atomic E-state index is 0.0251. The van der Waals surface area contributed by atoms with Gasteiger partial charge in [-0.3, -0.25) is 4.99 Å². The molecule has 0 saturated carbocycles. The SMILES string of the molecule is CN=C(NCc1c(F)cccc1OC(F)F)NCC(C)c1cccs1. The summed E-state index contributed by atoms with van der Waals surface area (Å²) in [7, 11) is 1.59. The van der Waals surface area contributed by atoms with Crippen LogP contribution in [0.15, 0.2) is 40.7 Å². The molecule has 1 heterocycles. The van der Waals surface area contributed by atoms with E-state index in [-0.39, 0.29) is 23.8 Å². The van der Waals surface area contributed by atoms with Crippen LogP contribution in [0.2, 0.25) is 0 Å². The van der Waals surface area contributed by atoms with Gasteiger partial charge in [0.1, 0.15) is 11.6 Å². The van der Waals surface area contributed by atoms with Crippen molar-refractivity contribution in [1.82, 2.24) is 10.6 Å². The van der Waals surface area contributed by atoms with Crippen LogP contribution < -0.4 is 15.4 Å². The van der Waals surface area contributed by atoms with E-state index in [4.69, 9.17) is 0 Å². The Balaban J connectivity index is 1.95. The summed E-state index contributed by atoms with van der Waals surface area (Å²) in [5.41, 5.74) is 0.0251. The number of thiophene rings is 1. The van der Waals surface area contributed by atoms with Crippen molar-refractivity contribution in [2.24, 2.45) is 4.99 Å². The lowest BCUT2D eigenvalue weighted by Gasteiger charge is -2.17. The van der Waals surface area contributed by atoms with Crippen molar-refractivity contribution >= 4 is 17.3 Å². The van der Waals surface area contributed by atoms with Crippen molar-refractivity contribution in [3.8, 4) is 5.75 Å². The van der Waals surface area contributed by atoms with Crippen LogP contribution in [-0.4, -0.2) is 26.2 Å². The Hall–Kier alpha value is -2.22. The van der Waals surface area contributed by atoms with Crippen LogP contribution in [-0.2, 0) is 6.54 Å². The Labute approximate surface area is 148 Å². The Morgan fingerprint density at radius 3 is 2.68 bits per heavy atom. The molecule has 0 fully saturated rings. The summed E-state index contributed by atoms with van der Waals surface area (Å²) in [5.74, 6) is -0.0719. The predicted molar refractivity (Wildman–Crippen MR) is 94.0 cm³/mol. The molecule has 0 aliphatic rings. The second kappa shape index (κ2) is 9.31. The zero-order valence-electron chi connectivity index (χ0n) is 13.9.